The highest BCUT2D eigenvalue weighted by molar-refractivity contribution is 7.92. The molecular weight excluding hydrogens is 312 g/mol. The molecule has 0 saturated heterocycles. The molecule has 0 radical (unpaired) electrons. The highest BCUT2D eigenvalue weighted by atomic mass is 32.2. The molecule has 1 N–H and O–H groups in total. The second-order valence-corrected chi connectivity index (χ2v) is 6.86. The van der Waals surface area contributed by atoms with Crippen LogP contribution in [-0.2, 0) is 10.0 Å². The van der Waals surface area contributed by atoms with Crippen molar-refractivity contribution in [1.82, 2.24) is 0 Å². The number of benzene rings is 2. The van der Waals surface area contributed by atoms with Crippen LogP contribution in [0.15, 0.2) is 35.2 Å². The molecule has 0 fully saturated rings. The molecule has 23 heavy (non-hydrogen) atoms. The summed E-state index contributed by atoms with van der Waals surface area (Å²) < 4.78 is 33.4. The normalized spacial score (nSPS) is 10.9. The molecule has 0 heterocycles. The van der Waals surface area contributed by atoms with Crippen molar-refractivity contribution >= 4 is 15.7 Å². The lowest BCUT2D eigenvalue weighted by Crippen LogP contribution is -2.17. The minimum absolute atomic E-state index is 0.212. The molecule has 0 atom stereocenters. The molecule has 2 rings (SSSR count). The number of anilines is 1. The van der Waals surface area contributed by atoms with E-state index in [9.17, 15) is 8.42 Å². The Morgan fingerprint density at radius 1 is 1.13 bits per heavy atom. The van der Waals surface area contributed by atoms with Gasteiger partial charge in [-0.25, -0.2) is 8.42 Å². The fourth-order valence-corrected chi connectivity index (χ4v) is 4.12. The molecule has 0 aromatic heterocycles. The lowest BCUT2D eigenvalue weighted by molar-refractivity contribution is 0.410. The number of hydrogen-bond acceptors (Lipinski definition) is 4. The summed E-state index contributed by atoms with van der Waals surface area (Å²) in [6, 6.07) is 10.2. The molecule has 0 spiro atoms. The van der Waals surface area contributed by atoms with E-state index in [1.54, 1.807) is 51.3 Å². The summed E-state index contributed by atoms with van der Waals surface area (Å²) in [5.74, 6) is 0.649. The van der Waals surface area contributed by atoms with E-state index in [0.29, 0.717) is 16.9 Å². The molecular formula is C17H18N2O3S. The third-order valence-electron chi connectivity index (χ3n) is 3.76. The number of nitrogens with zero attached hydrogens (tertiary/aromatic N) is 1. The van der Waals surface area contributed by atoms with Gasteiger partial charge in [-0.05, 0) is 55.7 Å². The van der Waals surface area contributed by atoms with E-state index in [0.717, 1.165) is 5.56 Å². The van der Waals surface area contributed by atoms with Crippen LogP contribution in [0.25, 0.3) is 0 Å². The van der Waals surface area contributed by atoms with Crippen LogP contribution >= 0.6 is 0 Å². The molecule has 0 saturated carbocycles. The van der Waals surface area contributed by atoms with Crippen molar-refractivity contribution < 1.29 is 13.2 Å². The zero-order valence-corrected chi connectivity index (χ0v) is 14.3. The summed E-state index contributed by atoms with van der Waals surface area (Å²) in [7, 11) is -2.26. The number of aryl methyl sites for hydroxylation is 1. The lowest BCUT2D eigenvalue weighted by atomic mass is 10.1. The van der Waals surface area contributed by atoms with E-state index in [-0.39, 0.29) is 16.1 Å². The quantitative estimate of drug-likeness (QED) is 0.933. The molecule has 0 aliphatic rings. The highest BCUT2D eigenvalue weighted by Gasteiger charge is 2.23. The van der Waals surface area contributed by atoms with Gasteiger partial charge in [-0.15, -0.1) is 0 Å². The Morgan fingerprint density at radius 3 is 2.39 bits per heavy atom. The van der Waals surface area contributed by atoms with Gasteiger partial charge < -0.3 is 4.74 Å². The van der Waals surface area contributed by atoms with Gasteiger partial charge in [-0.2, -0.15) is 5.26 Å². The fourth-order valence-electron chi connectivity index (χ4n) is 2.51. The van der Waals surface area contributed by atoms with Gasteiger partial charge in [0.25, 0.3) is 10.0 Å². The van der Waals surface area contributed by atoms with E-state index < -0.39 is 10.0 Å². The Kier molecular flexibility index (Phi) is 4.62. The van der Waals surface area contributed by atoms with Crippen LogP contribution in [0, 0.1) is 32.1 Å². The van der Waals surface area contributed by atoms with Gasteiger partial charge >= 0.3 is 0 Å². The first-order valence-corrected chi connectivity index (χ1v) is 8.47. The van der Waals surface area contributed by atoms with Crippen molar-refractivity contribution in [2.24, 2.45) is 0 Å². The number of nitrogens with one attached hydrogen (secondary N) is 1. The van der Waals surface area contributed by atoms with Crippen LogP contribution in [0.5, 0.6) is 5.75 Å². The number of sulfonamides is 1. The van der Waals surface area contributed by atoms with Gasteiger partial charge in [0.1, 0.15) is 11.8 Å². The summed E-state index contributed by atoms with van der Waals surface area (Å²) in [6.07, 6.45) is 0. The van der Waals surface area contributed by atoms with Crippen molar-refractivity contribution in [3.05, 3.63) is 52.6 Å². The van der Waals surface area contributed by atoms with Crippen LogP contribution in [0.3, 0.4) is 0 Å². The Hall–Kier alpha value is -2.52. The topological polar surface area (TPSA) is 79.2 Å². The van der Waals surface area contributed by atoms with Crippen LogP contribution < -0.4 is 9.46 Å². The number of hydrogen-bond donors (Lipinski definition) is 1. The van der Waals surface area contributed by atoms with E-state index >= 15 is 0 Å². The standard InChI is InChI=1S/C17H18N2O3S/c1-11-9-16(22-4)12(2)13(3)17(11)23(20,21)19-15-8-6-5-7-14(15)10-18/h5-9,19H,1-4H3. The maximum absolute atomic E-state index is 12.8. The van der Waals surface area contributed by atoms with Gasteiger partial charge in [-0.3, -0.25) is 4.72 Å². The first-order valence-electron chi connectivity index (χ1n) is 6.98. The lowest BCUT2D eigenvalue weighted by Gasteiger charge is -2.17. The van der Waals surface area contributed by atoms with Crippen molar-refractivity contribution in [2.75, 3.05) is 11.8 Å². The Labute approximate surface area is 136 Å². The minimum atomic E-state index is -3.81. The number of nitriles is 1. The SMILES string of the molecule is COc1cc(C)c(S(=O)(=O)Nc2ccccc2C#N)c(C)c1C. The molecule has 5 nitrogen and oxygen atoms in total. The van der Waals surface area contributed by atoms with E-state index in [1.807, 2.05) is 13.0 Å². The first-order chi connectivity index (χ1) is 10.8. The second kappa shape index (κ2) is 6.31. The zero-order chi connectivity index (χ0) is 17.2. The predicted octanol–water partition coefficient (Wildman–Crippen LogP) is 3.29. The van der Waals surface area contributed by atoms with Crippen LogP contribution in [-0.4, -0.2) is 15.5 Å². The summed E-state index contributed by atoms with van der Waals surface area (Å²) in [5.41, 5.74) is 2.53. The van der Waals surface area contributed by atoms with E-state index in [1.165, 1.54) is 0 Å². The van der Waals surface area contributed by atoms with Gasteiger partial charge in [0.15, 0.2) is 0 Å². The summed E-state index contributed by atoms with van der Waals surface area (Å²) in [6.45, 7) is 5.28. The molecule has 120 valence electrons. The molecule has 2 aromatic carbocycles. The molecule has 0 unspecified atom stereocenters. The first kappa shape index (κ1) is 16.8. The predicted molar refractivity (Wildman–Crippen MR) is 89.2 cm³/mol. The molecule has 6 heteroatoms. The van der Waals surface area contributed by atoms with E-state index in [4.69, 9.17) is 10.00 Å². The molecule has 2 aromatic rings. The Bertz CT molecular complexity index is 897. The second-order valence-electron chi connectivity index (χ2n) is 5.24. The van der Waals surface area contributed by atoms with Crippen molar-refractivity contribution in [3.63, 3.8) is 0 Å². The van der Waals surface area contributed by atoms with Crippen molar-refractivity contribution in [1.29, 1.82) is 5.26 Å². The molecule has 0 aliphatic heterocycles. The van der Waals surface area contributed by atoms with Gasteiger partial charge in [0, 0.05) is 0 Å². The van der Waals surface area contributed by atoms with Gasteiger partial charge in [0.05, 0.1) is 23.3 Å². The number of rotatable bonds is 4. The van der Waals surface area contributed by atoms with Crippen LogP contribution in [0.2, 0.25) is 0 Å². The third-order valence-corrected chi connectivity index (χ3v) is 5.41. The Morgan fingerprint density at radius 2 is 1.78 bits per heavy atom. The van der Waals surface area contributed by atoms with Crippen molar-refractivity contribution in [2.45, 2.75) is 25.7 Å². The van der Waals surface area contributed by atoms with E-state index in [2.05, 4.69) is 4.72 Å². The minimum Gasteiger partial charge on any atom is -0.496 e. The largest absolute Gasteiger partial charge is 0.496 e. The molecule has 0 bridgehead atoms. The van der Waals surface area contributed by atoms with Gasteiger partial charge in [0.2, 0.25) is 0 Å². The summed E-state index contributed by atoms with van der Waals surface area (Å²) in [5, 5.41) is 9.11. The number of methoxy groups -OCH3 is 1. The average molecular weight is 330 g/mol. The smallest absolute Gasteiger partial charge is 0.262 e. The number of para-hydroxylation sites is 1. The fraction of sp³-hybridized carbons (Fsp3) is 0.235. The highest BCUT2D eigenvalue weighted by Crippen LogP contribution is 2.31. The summed E-state index contributed by atoms with van der Waals surface area (Å²) in [4.78, 5) is 0.212. The summed E-state index contributed by atoms with van der Waals surface area (Å²) >= 11 is 0. The maximum Gasteiger partial charge on any atom is 0.262 e. The van der Waals surface area contributed by atoms with Gasteiger partial charge in [-0.1, -0.05) is 12.1 Å². The third kappa shape index (κ3) is 3.15. The molecule has 0 amide bonds. The zero-order valence-electron chi connectivity index (χ0n) is 13.5. The maximum atomic E-state index is 12.8. The van der Waals surface area contributed by atoms with Crippen LogP contribution in [0.4, 0.5) is 5.69 Å². The molecule has 0 aliphatic carbocycles. The average Bonchev–Trinajstić information content (AvgIpc) is 2.50. The van der Waals surface area contributed by atoms with Crippen LogP contribution in [0.1, 0.15) is 22.3 Å². The number of ether oxygens (including phenoxy) is 1. The monoisotopic (exact) mass is 330 g/mol. The van der Waals surface area contributed by atoms with Crippen molar-refractivity contribution in [3.8, 4) is 11.8 Å². The Balaban J connectivity index is 2.58.